The molecule has 2 aliphatic heterocycles. The minimum Gasteiger partial charge on any atom is -0.462 e. The molecule has 1 saturated heterocycles. The number of nitrogens with one attached hydrogen (secondary N) is 1. The molecule has 40 heavy (non-hydrogen) atoms. The number of allylic oxidation sites excluding steroid dienone is 1. The topological polar surface area (TPSA) is 206 Å². The van der Waals surface area contributed by atoms with E-state index in [2.05, 4.69) is 20.3 Å². The van der Waals surface area contributed by atoms with E-state index in [1.54, 1.807) is 0 Å². The summed E-state index contributed by atoms with van der Waals surface area (Å²) in [7, 11) is 0. The fourth-order valence-electron chi connectivity index (χ4n) is 3.50. The fourth-order valence-corrected chi connectivity index (χ4v) is 5.37. The predicted molar refractivity (Wildman–Crippen MR) is 140 cm³/mol. The lowest BCUT2D eigenvalue weighted by molar-refractivity contribution is -0.182. The molecule has 1 aromatic heterocycles. The Morgan fingerprint density at radius 3 is 2.52 bits per heavy atom. The molecule has 0 bridgehead atoms. The molecule has 2 amide bonds. The number of anilines is 1. The number of esters is 3. The van der Waals surface area contributed by atoms with Gasteiger partial charge >= 0.3 is 23.9 Å². The van der Waals surface area contributed by atoms with Gasteiger partial charge in [-0.3, -0.25) is 24.1 Å². The number of β-lactam (4-membered cyclic amide) rings is 1. The molecular weight excluding hydrogens is 570 g/mol. The van der Waals surface area contributed by atoms with Gasteiger partial charge in [0.1, 0.15) is 29.4 Å². The molecule has 15 nitrogen and oxygen atoms in total. The molecule has 3 heterocycles. The minimum absolute atomic E-state index is 0.0324. The summed E-state index contributed by atoms with van der Waals surface area (Å²) in [5.74, 6) is -4.21. The van der Waals surface area contributed by atoms with Crippen LogP contribution in [0.4, 0.5) is 5.13 Å². The molecule has 1 aromatic rings. The highest BCUT2D eigenvalue weighted by atomic mass is 32.2. The second-order valence-electron chi connectivity index (χ2n) is 8.12. The molecule has 17 heteroatoms. The molecule has 3 N–H and O–H groups in total. The Kier molecular flexibility index (Phi) is 10.0. The third kappa shape index (κ3) is 7.44. The van der Waals surface area contributed by atoms with Gasteiger partial charge in [0.25, 0.3) is 11.8 Å². The second-order valence-corrected chi connectivity index (χ2v) is 10.1. The number of nitrogen functional groups attached to an aromatic ring is 1. The van der Waals surface area contributed by atoms with Crippen molar-refractivity contribution in [1.82, 2.24) is 15.2 Å². The van der Waals surface area contributed by atoms with Crippen LogP contribution in [-0.2, 0) is 47.8 Å². The number of fused-ring (bicyclic) bond motifs is 1. The third-order valence-corrected chi connectivity index (χ3v) is 7.01. The maximum Gasteiger partial charge on any atom is 0.358 e. The number of rotatable bonds is 10. The van der Waals surface area contributed by atoms with E-state index in [9.17, 15) is 28.8 Å². The predicted octanol–water partition coefficient (Wildman–Crippen LogP) is 0.218. The smallest absolute Gasteiger partial charge is 0.358 e. The highest BCUT2D eigenvalue weighted by Gasteiger charge is 2.54. The molecule has 2 aliphatic rings. The molecule has 0 radical (unpaired) electrons. The molecule has 3 atom stereocenters. The van der Waals surface area contributed by atoms with Crippen LogP contribution in [0.3, 0.4) is 0 Å². The van der Waals surface area contributed by atoms with Crippen LogP contribution in [-0.4, -0.2) is 81.4 Å². The summed E-state index contributed by atoms with van der Waals surface area (Å²) in [6.45, 7) is 4.74. The first-order valence-electron chi connectivity index (χ1n) is 11.5. The van der Waals surface area contributed by atoms with Crippen molar-refractivity contribution in [1.29, 1.82) is 0 Å². The Labute approximate surface area is 235 Å². The third-order valence-electron chi connectivity index (χ3n) is 5.03. The van der Waals surface area contributed by atoms with E-state index in [1.165, 1.54) is 43.1 Å². The molecule has 3 rings (SSSR count). The van der Waals surface area contributed by atoms with Gasteiger partial charge in [0.05, 0.1) is 0 Å². The first-order valence-corrected chi connectivity index (χ1v) is 13.5. The van der Waals surface area contributed by atoms with Crippen LogP contribution >= 0.6 is 23.1 Å². The monoisotopic (exact) mass is 595 g/mol. The number of thioether (sulfide) groups is 1. The highest BCUT2D eigenvalue weighted by molar-refractivity contribution is 8.00. The number of carbonyl (C=O) groups is 6. The van der Waals surface area contributed by atoms with Crippen LogP contribution in [0.25, 0.3) is 0 Å². The number of nitrogens with two attached hydrogens (primary N) is 1. The molecule has 1 unspecified atom stereocenters. The molecule has 0 aromatic carbocycles. The average Bonchev–Trinajstić information content (AvgIpc) is 3.29. The molecule has 0 saturated carbocycles. The Morgan fingerprint density at radius 2 is 1.93 bits per heavy atom. The summed E-state index contributed by atoms with van der Waals surface area (Å²) in [4.78, 5) is 82.6. The first kappa shape index (κ1) is 30.3. The zero-order chi connectivity index (χ0) is 29.6. The quantitative estimate of drug-likeness (QED) is 0.0928. The number of ether oxygens (including phenoxy) is 3. The molecule has 0 aliphatic carbocycles. The molecule has 214 valence electrons. The maximum absolute atomic E-state index is 13.2. The van der Waals surface area contributed by atoms with Crippen LogP contribution in [0.15, 0.2) is 34.0 Å². The first-order chi connectivity index (χ1) is 18.9. The second kappa shape index (κ2) is 13.2. The van der Waals surface area contributed by atoms with E-state index in [0.29, 0.717) is 5.57 Å². The Bertz CT molecular complexity index is 1320. The van der Waals surface area contributed by atoms with Crippen molar-refractivity contribution in [3.63, 3.8) is 0 Å². The van der Waals surface area contributed by atoms with Gasteiger partial charge in [-0.15, -0.1) is 23.1 Å². The normalized spacial score (nSPS) is 19.4. The van der Waals surface area contributed by atoms with Crippen LogP contribution in [0.2, 0.25) is 0 Å². The van der Waals surface area contributed by atoms with Gasteiger partial charge in [-0.1, -0.05) is 11.2 Å². The number of oxime groups is 1. The minimum atomic E-state index is -1.24. The van der Waals surface area contributed by atoms with Crippen LogP contribution < -0.4 is 11.1 Å². The van der Waals surface area contributed by atoms with Crippen molar-refractivity contribution in [2.75, 3.05) is 18.1 Å². The van der Waals surface area contributed by atoms with Gasteiger partial charge in [-0.2, -0.15) is 0 Å². The number of hydrogen-bond donors (Lipinski definition) is 2. The van der Waals surface area contributed by atoms with Crippen molar-refractivity contribution >= 4 is 69.6 Å². The van der Waals surface area contributed by atoms with Crippen molar-refractivity contribution in [3.05, 3.63) is 34.5 Å². The summed E-state index contributed by atoms with van der Waals surface area (Å²) in [6, 6.07) is -1.09. The number of thiazole rings is 1. The summed E-state index contributed by atoms with van der Waals surface area (Å²) < 4.78 is 14.9. The Balaban J connectivity index is 1.84. The fraction of sp³-hybridized carbons (Fsp3) is 0.391. The zero-order valence-electron chi connectivity index (χ0n) is 21.7. The van der Waals surface area contributed by atoms with Crippen molar-refractivity contribution in [3.8, 4) is 0 Å². The van der Waals surface area contributed by atoms with E-state index >= 15 is 0 Å². The van der Waals surface area contributed by atoms with Crippen LogP contribution in [0.1, 0.15) is 33.4 Å². The van der Waals surface area contributed by atoms with E-state index in [4.69, 9.17) is 19.9 Å². The van der Waals surface area contributed by atoms with Gasteiger partial charge in [0.15, 0.2) is 10.8 Å². The maximum atomic E-state index is 13.2. The standard InChI is InChI=1S/C23H25N5O10S2/c1-10(29)35-7-5-6-14-8-39-21-17(20(33)28(21)18(14)22(34)37-13(4)36-11(2)30)26-19(32)16(27-38-12(3)31)15-9-40-23(24)25-15/h5-6,9,13,17,21H,7-8H2,1-4H3,(H2,24,25)(H,26,32)/b6-5+,27-16-/t13?,17-,21-/m1/s1. The lowest BCUT2D eigenvalue weighted by Crippen LogP contribution is -2.71. The van der Waals surface area contributed by atoms with Gasteiger partial charge in [-0.05, 0) is 11.6 Å². The number of amides is 2. The lowest BCUT2D eigenvalue weighted by Gasteiger charge is -2.49. The Hall–Kier alpha value is -4.25. The van der Waals surface area contributed by atoms with Crippen LogP contribution in [0, 0.1) is 0 Å². The number of nitrogens with zero attached hydrogens (tertiary/aromatic N) is 3. The van der Waals surface area contributed by atoms with E-state index in [1.807, 2.05) is 0 Å². The summed E-state index contributed by atoms with van der Waals surface area (Å²) in [6.07, 6.45) is 1.75. The SMILES string of the molecule is CC(=O)OC/C=C/C1=C(C(=O)OC(C)OC(C)=O)N2C(=O)[C@@H](NC(=O)/C(=N\OC(C)=O)c3csc(N)n3)[C@H]2SC1. The average molecular weight is 596 g/mol. The lowest BCUT2D eigenvalue weighted by atomic mass is 10.0. The summed E-state index contributed by atoms with van der Waals surface area (Å²) >= 11 is 2.27. The number of aromatic nitrogens is 1. The van der Waals surface area contributed by atoms with Gasteiger partial charge < -0.3 is 30.1 Å². The Morgan fingerprint density at radius 1 is 1.20 bits per heavy atom. The molecular formula is C23H25N5O10S2. The van der Waals surface area contributed by atoms with Gasteiger partial charge in [-0.25, -0.2) is 14.6 Å². The van der Waals surface area contributed by atoms with Crippen molar-refractivity contribution in [2.45, 2.75) is 45.4 Å². The molecule has 0 spiro atoms. The zero-order valence-corrected chi connectivity index (χ0v) is 23.3. The number of carbonyl (C=O) groups excluding carboxylic acids is 6. The summed E-state index contributed by atoms with van der Waals surface area (Å²) in [5, 5.41) is 6.94. The highest BCUT2D eigenvalue weighted by Crippen LogP contribution is 2.41. The van der Waals surface area contributed by atoms with E-state index in [-0.39, 0.29) is 34.6 Å². The largest absolute Gasteiger partial charge is 0.462 e. The van der Waals surface area contributed by atoms with Crippen LogP contribution in [0.5, 0.6) is 0 Å². The molecule has 1 fully saturated rings. The number of hydrogen-bond acceptors (Lipinski definition) is 15. The summed E-state index contributed by atoms with van der Waals surface area (Å²) in [5.41, 5.74) is 5.54. The van der Waals surface area contributed by atoms with Crippen molar-refractivity contribution in [2.24, 2.45) is 5.16 Å². The van der Waals surface area contributed by atoms with E-state index < -0.39 is 53.4 Å². The van der Waals surface area contributed by atoms with Gasteiger partial charge in [0, 0.05) is 38.8 Å². The van der Waals surface area contributed by atoms with Gasteiger partial charge in [0.2, 0.25) is 6.29 Å². The van der Waals surface area contributed by atoms with Crippen molar-refractivity contribution < 1.29 is 47.8 Å². The van der Waals surface area contributed by atoms with E-state index in [0.717, 1.165) is 30.1 Å².